The Hall–Kier alpha value is -14.2. The summed E-state index contributed by atoms with van der Waals surface area (Å²) in [6, 6.07) is 40.1. The second kappa shape index (κ2) is 35.9. The number of hydrogen-bond donors (Lipinski definition) is 9. The van der Waals surface area contributed by atoms with Crippen LogP contribution in [0.1, 0.15) is 22.6 Å². The standard InChI is InChI=1S/C85H93N23O7/c1-15-78(110)93-63-39-66(98-83-88-30-29-61(96-83)58-46-89-82-52(45-86)23-22-26-56(58)82)74(113-12)43-72(63)106(10)36-33-104(8)48-54-38-69(81-51(4)90-60-27-20-18-25-57(60)81)101-85(92-54)100-68-41-65(95-80(112)17-3)73(44-76(68)115-14)107(11)35-32-103(7)47-53-37-62(59-49-108(50-77(87)109)70-28-21-19-24-55(59)70)97-84(91-53)99-67-40-64(94-79(111)16-2)71(42-75(67)114-13)105(9)34-31-102(5)6/h15-30,37-44,46,49,89-90H,1-3,31-36,47-48,50H2,4-14H3,(H2,87,109)(H,93,110)(H,94,111)(H,95,112)(H,88,96,98)(H,91,97,99)(H,92,100,101). The van der Waals surface area contributed by atoms with Gasteiger partial charge in [-0.2, -0.15) is 5.26 Å². The molecule has 30 heteroatoms. The van der Waals surface area contributed by atoms with Gasteiger partial charge in [-0.3, -0.25) is 29.0 Å². The first-order chi connectivity index (χ1) is 55.4. The van der Waals surface area contributed by atoms with Crippen LogP contribution in [0.4, 0.5) is 69.0 Å². The molecule has 590 valence electrons. The summed E-state index contributed by atoms with van der Waals surface area (Å²) in [7, 11) is 18.5. The van der Waals surface area contributed by atoms with Crippen LogP contribution in [0, 0.1) is 18.3 Å². The summed E-state index contributed by atoms with van der Waals surface area (Å²) in [5.74, 6) is 0.370. The molecule has 0 aliphatic carbocycles. The number of aromatic nitrogens is 9. The molecular weight excluding hydrogens is 1460 g/mol. The Morgan fingerprint density at radius 1 is 0.539 bits per heavy atom. The van der Waals surface area contributed by atoms with Crippen molar-refractivity contribution in [3.05, 3.63) is 201 Å². The molecule has 6 aromatic carbocycles. The number of H-pyrrole nitrogens is 2. The number of nitriles is 1. The molecule has 0 unspecified atom stereocenters. The zero-order valence-electron chi connectivity index (χ0n) is 66.2. The molecule has 4 amide bonds. The summed E-state index contributed by atoms with van der Waals surface area (Å²) >= 11 is 0. The number of fused-ring (bicyclic) bond motifs is 3. The maximum absolute atomic E-state index is 13.5. The third kappa shape index (κ3) is 18.7. The summed E-state index contributed by atoms with van der Waals surface area (Å²) in [5, 5.41) is 31.6. The van der Waals surface area contributed by atoms with E-state index in [2.05, 4.69) is 93.4 Å². The molecule has 0 atom stereocenters. The number of amides is 4. The fourth-order valence-electron chi connectivity index (χ4n) is 13.7. The number of rotatable bonds is 36. The summed E-state index contributed by atoms with van der Waals surface area (Å²) in [6.07, 6.45) is 8.95. The number of ether oxygens (including phenoxy) is 3. The Labute approximate surface area is 666 Å². The molecule has 30 nitrogen and oxygen atoms in total. The number of aryl methyl sites for hydroxylation is 1. The predicted molar refractivity (Wildman–Crippen MR) is 457 cm³/mol. The number of benzene rings is 6. The molecule has 10 N–H and O–H groups in total. The highest BCUT2D eigenvalue weighted by molar-refractivity contribution is 6.05. The second-order valence-electron chi connectivity index (χ2n) is 28.0. The van der Waals surface area contributed by atoms with Crippen molar-refractivity contribution in [3.8, 4) is 57.1 Å². The molecule has 0 spiro atoms. The fourth-order valence-corrected chi connectivity index (χ4v) is 13.7. The van der Waals surface area contributed by atoms with Crippen LogP contribution in [0.2, 0.25) is 0 Å². The van der Waals surface area contributed by atoms with E-state index in [1.807, 2.05) is 168 Å². The van der Waals surface area contributed by atoms with Crippen LogP contribution in [0.25, 0.3) is 66.5 Å². The summed E-state index contributed by atoms with van der Waals surface area (Å²) in [4.78, 5) is 101. The number of methoxy groups -OCH3 is 3. The number of aromatic amines is 2. The van der Waals surface area contributed by atoms with Crippen molar-refractivity contribution in [1.29, 1.82) is 5.26 Å². The highest BCUT2D eigenvalue weighted by Crippen LogP contribution is 2.43. The number of hydrogen-bond acceptors (Lipinski definition) is 23. The SMILES string of the molecule is C=CC(=O)Nc1cc(Nc2nc(CN(C)CCN(C)c3cc(OC)c(Nc4nc(CN(C)CCN(C)c5cc(OC)c(Nc6nccc(-c7c[nH]c8c(C#N)cccc78)n6)cc5NC(=O)C=C)cc(-c5c(C)[nH]c6ccccc56)n4)cc3NC(=O)C=C)cc(-c3cn(CC(N)=O)c4ccccc34)n2)c(OC)cc1N(C)CCN(C)C. The smallest absolute Gasteiger partial charge is 0.247 e. The first-order valence-corrected chi connectivity index (χ1v) is 36.9. The normalized spacial score (nSPS) is 11.2. The van der Waals surface area contributed by atoms with Crippen molar-refractivity contribution in [1.82, 2.24) is 59.1 Å². The molecular formula is C85H93N23O7. The van der Waals surface area contributed by atoms with E-state index in [-0.39, 0.29) is 24.4 Å². The van der Waals surface area contributed by atoms with E-state index in [1.54, 1.807) is 62.4 Å². The third-order valence-corrected chi connectivity index (χ3v) is 19.5. The van der Waals surface area contributed by atoms with E-state index in [1.165, 1.54) is 18.2 Å². The van der Waals surface area contributed by atoms with Gasteiger partial charge in [-0.1, -0.05) is 68.3 Å². The van der Waals surface area contributed by atoms with Gasteiger partial charge in [0.25, 0.3) is 0 Å². The number of nitrogens with two attached hydrogens (primary N) is 1. The van der Waals surface area contributed by atoms with E-state index in [0.29, 0.717) is 148 Å². The summed E-state index contributed by atoms with van der Waals surface area (Å²) in [5.41, 5.74) is 20.1. The Bertz CT molecular complexity index is 5720. The van der Waals surface area contributed by atoms with Crippen LogP contribution in [0.3, 0.4) is 0 Å². The largest absolute Gasteiger partial charge is 0.494 e. The van der Waals surface area contributed by atoms with Crippen LogP contribution in [0.5, 0.6) is 17.2 Å². The number of nitrogens with one attached hydrogen (secondary N) is 8. The number of para-hydroxylation sites is 3. The van der Waals surface area contributed by atoms with Gasteiger partial charge in [0.05, 0.1) is 112 Å². The van der Waals surface area contributed by atoms with Gasteiger partial charge in [-0.15, -0.1) is 0 Å². The first kappa shape index (κ1) is 80.4. The second-order valence-corrected chi connectivity index (χ2v) is 28.0. The van der Waals surface area contributed by atoms with Crippen molar-refractivity contribution in [2.24, 2.45) is 5.73 Å². The Kier molecular flexibility index (Phi) is 25.1. The van der Waals surface area contributed by atoms with Crippen LogP contribution in [-0.4, -0.2) is 193 Å². The number of carbonyl (C=O) groups is 4. The minimum absolute atomic E-state index is 0.0529. The van der Waals surface area contributed by atoms with Gasteiger partial charge in [-0.25, -0.2) is 29.9 Å². The lowest BCUT2D eigenvalue weighted by Crippen LogP contribution is -2.31. The first-order valence-electron chi connectivity index (χ1n) is 36.9. The van der Waals surface area contributed by atoms with Gasteiger partial charge in [0, 0.05) is 160 Å². The lowest BCUT2D eigenvalue weighted by atomic mass is 10.1. The van der Waals surface area contributed by atoms with Crippen LogP contribution >= 0.6 is 0 Å². The van der Waals surface area contributed by atoms with Gasteiger partial charge in [0.2, 0.25) is 41.5 Å². The zero-order valence-corrected chi connectivity index (χ0v) is 66.2. The molecule has 0 radical (unpaired) electrons. The van der Waals surface area contributed by atoms with Crippen molar-refractivity contribution >= 4 is 125 Å². The molecule has 0 bridgehead atoms. The Balaban J connectivity index is 0.801. The summed E-state index contributed by atoms with van der Waals surface area (Å²) in [6.45, 7) is 17.2. The minimum atomic E-state index is -0.501. The van der Waals surface area contributed by atoms with Crippen LogP contribution in [0.15, 0.2) is 178 Å². The third-order valence-electron chi connectivity index (χ3n) is 19.5. The van der Waals surface area contributed by atoms with E-state index in [9.17, 15) is 24.4 Å². The lowest BCUT2D eigenvalue weighted by Gasteiger charge is -2.27. The van der Waals surface area contributed by atoms with Crippen molar-refractivity contribution in [2.75, 3.05) is 157 Å². The number of carbonyl (C=O) groups excluding carboxylic acids is 4. The molecule has 6 aromatic heterocycles. The average molecular weight is 1550 g/mol. The Morgan fingerprint density at radius 2 is 1.02 bits per heavy atom. The molecule has 0 saturated heterocycles. The average Bonchev–Trinajstić information content (AvgIpc) is 1.63. The van der Waals surface area contributed by atoms with Gasteiger partial charge in [0.1, 0.15) is 29.9 Å². The molecule has 6 heterocycles. The fraction of sp³-hybridized carbons (Fsp3) is 0.235. The maximum atomic E-state index is 13.5. The number of anilines is 12. The molecule has 12 aromatic rings. The van der Waals surface area contributed by atoms with Crippen molar-refractivity contribution in [2.45, 2.75) is 26.6 Å². The lowest BCUT2D eigenvalue weighted by molar-refractivity contribution is -0.118. The quantitative estimate of drug-likeness (QED) is 0.0165. The van der Waals surface area contributed by atoms with E-state index >= 15 is 0 Å². The Morgan fingerprint density at radius 3 is 1.53 bits per heavy atom. The van der Waals surface area contributed by atoms with E-state index < -0.39 is 23.6 Å². The van der Waals surface area contributed by atoms with Crippen LogP contribution < -0.4 is 66.5 Å². The highest BCUT2D eigenvalue weighted by atomic mass is 16.5. The zero-order chi connectivity index (χ0) is 81.7. The van der Waals surface area contributed by atoms with E-state index in [4.69, 9.17) is 44.9 Å². The van der Waals surface area contributed by atoms with Gasteiger partial charge >= 0.3 is 0 Å². The minimum Gasteiger partial charge on any atom is -0.494 e. The molecule has 115 heavy (non-hydrogen) atoms. The molecule has 0 fully saturated rings. The topological polar surface area (TPSA) is 351 Å². The van der Waals surface area contributed by atoms with Crippen molar-refractivity contribution < 1.29 is 33.4 Å². The van der Waals surface area contributed by atoms with Crippen molar-refractivity contribution in [3.63, 3.8) is 0 Å². The maximum Gasteiger partial charge on any atom is 0.247 e. The number of primary amides is 1. The number of nitrogens with zero attached hydrogens (tertiary/aromatic N) is 14. The van der Waals surface area contributed by atoms with Crippen LogP contribution in [-0.2, 0) is 38.8 Å². The molecule has 0 aliphatic heterocycles. The van der Waals surface area contributed by atoms with E-state index in [0.717, 1.165) is 61.8 Å². The molecule has 0 saturated carbocycles. The highest BCUT2D eigenvalue weighted by Gasteiger charge is 2.25. The van der Waals surface area contributed by atoms with Gasteiger partial charge in [-0.05, 0) is 108 Å². The van der Waals surface area contributed by atoms with Gasteiger partial charge < -0.3 is 86.0 Å². The molecule has 12 rings (SSSR count). The number of likely N-dealkylation sites (N-methyl/N-ethyl adjacent to an activating group) is 6. The summed E-state index contributed by atoms with van der Waals surface area (Å²) < 4.78 is 20.0. The monoisotopic (exact) mass is 1550 g/mol. The van der Waals surface area contributed by atoms with Gasteiger partial charge in [0.15, 0.2) is 0 Å². The predicted octanol–water partition coefficient (Wildman–Crippen LogP) is 12.4. The molecule has 0 aliphatic rings.